The molecule has 3 aromatic rings. The van der Waals surface area contributed by atoms with Crippen molar-refractivity contribution in [3.8, 4) is 5.75 Å². The number of ketones is 1. The number of anilines is 1. The number of hydrogen-bond acceptors (Lipinski definition) is 5. The number of methoxy groups -OCH3 is 1. The molecule has 1 aliphatic heterocycles. The van der Waals surface area contributed by atoms with Crippen molar-refractivity contribution < 1.29 is 23.6 Å². The van der Waals surface area contributed by atoms with Crippen LogP contribution in [0, 0.1) is 15.9 Å². The van der Waals surface area contributed by atoms with Gasteiger partial charge in [-0.05, 0) is 30.3 Å². The fourth-order valence-electron chi connectivity index (χ4n) is 3.75. The molecule has 1 fully saturated rings. The molecule has 1 saturated heterocycles. The lowest BCUT2D eigenvalue weighted by Gasteiger charge is -2.46. The van der Waals surface area contributed by atoms with Crippen LogP contribution in [0.1, 0.15) is 21.8 Å². The second kappa shape index (κ2) is 7.98. The van der Waals surface area contributed by atoms with Gasteiger partial charge in [-0.1, -0.05) is 30.3 Å². The first-order chi connectivity index (χ1) is 14.9. The van der Waals surface area contributed by atoms with E-state index in [2.05, 4.69) is 0 Å². The molecule has 0 aromatic heterocycles. The number of β-lactam (4-membered cyclic amide) rings is 1. The van der Waals surface area contributed by atoms with Gasteiger partial charge in [0.2, 0.25) is 5.91 Å². The van der Waals surface area contributed by atoms with E-state index in [0.29, 0.717) is 17.0 Å². The van der Waals surface area contributed by atoms with Crippen molar-refractivity contribution in [1.82, 2.24) is 0 Å². The van der Waals surface area contributed by atoms with E-state index in [4.69, 9.17) is 4.74 Å². The van der Waals surface area contributed by atoms with E-state index < -0.39 is 28.6 Å². The van der Waals surface area contributed by atoms with Gasteiger partial charge in [-0.15, -0.1) is 0 Å². The van der Waals surface area contributed by atoms with E-state index in [0.717, 1.165) is 18.2 Å². The minimum absolute atomic E-state index is 0.168. The van der Waals surface area contributed by atoms with Crippen molar-refractivity contribution in [2.45, 2.75) is 12.0 Å². The zero-order valence-corrected chi connectivity index (χ0v) is 16.4. The summed E-state index contributed by atoms with van der Waals surface area (Å²) in [6.07, 6.45) is 0. The Kier molecular flexibility index (Phi) is 5.21. The first kappa shape index (κ1) is 20.2. The molecule has 0 spiro atoms. The summed E-state index contributed by atoms with van der Waals surface area (Å²) in [5, 5.41) is 11.2. The molecule has 3 aromatic carbocycles. The predicted octanol–water partition coefficient (Wildman–Crippen LogP) is 4.12. The standard InChI is InChI=1S/C23H17FN2O5/c1-31-17-10-7-15(8-11-17)25-21(22(27)14-5-3-2-4-6-14)20(23(25)28)18-13-16(26(29)30)9-12-19(18)24/h2-13,20-21H,1H3/t20-,21+/m0/s1. The normalized spacial score (nSPS) is 17.7. The van der Waals surface area contributed by atoms with Crippen molar-refractivity contribution in [3.05, 3.63) is 99.9 Å². The second-order valence-corrected chi connectivity index (χ2v) is 7.02. The molecule has 156 valence electrons. The van der Waals surface area contributed by atoms with E-state index in [9.17, 15) is 24.1 Å². The van der Waals surface area contributed by atoms with Gasteiger partial charge in [-0.2, -0.15) is 0 Å². The minimum atomic E-state index is -1.17. The number of ether oxygens (including phenoxy) is 1. The zero-order chi connectivity index (χ0) is 22.1. The maximum absolute atomic E-state index is 14.6. The van der Waals surface area contributed by atoms with Gasteiger partial charge < -0.3 is 4.74 Å². The minimum Gasteiger partial charge on any atom is -0.497 e. The average molecular weight is 420 g/mol. The van der Waals surface area contributed by atoms with Crippen molar-refractivity contribution >= 4 is 23.1 Å². The van der Waals surface area contributed by atoms with Crippen LogP contribution in [-0.2, 0) is 4.79 Å². The van der Waals surface area contributed by atoms with Crippen LogP contribution in [0.4, 0.5) is 15.8 Å². The molecule has 0 bridgehead atoms. The van der Waals surface area contributed by atoms with Crippen LogP contribution in [0.2, 0.25) is 0 Å². The fraction of sp³-hybridized carbons (Fsp3) is 0.130. The van der Waals surface area contributed by atoms with Crippen LogP contribution >= 0.6 is 0 Å². The van der Waals surface area contributed by atoms with E-state index in [1.165, 1.54) is 12.0 Å². The Morgan fingerprint density at radius 1 is 1.06 bits per heavy atom. The first-order valence-corrected chi connectivity index (χ1v) is 9.42. The molecule has 1 aliphatic rings. The molecule has 0 radical (unpaired) electrons. The summed E-state index contributed by atoms with van der Waals surface area (Å²) in [6.45, 7) is 0. The van der Waals surface area contributed by atoms with E-state index in [-0.39, 0.29) is 17.0 Å². The number of nitro benzene ring substituents is 1. The number of Topliss-reactive ketones (excluding diaryl/α,β-unsaturated/α-hetero) is 1. The van der Waals surface area contributed by atoms with Gasteiger partial charge in [0.05, 0.1) is 18.0 Å². The average Bonchev–Trinajstić information content (AvgIpc) is 2.79. The van der Waals surface area contributed by atoms with Gasteiger partial charge in [0, 0.05) is 28.9 Å². The SMILES string of the molecule is COc1ccc(N2C(=O)[C@@H](c3cc([N+](=O)[O-])ccc3F)[C@@H]2C(=O)c2ccccc2)cc1. The number of carbonyl (C=O) groups excluding carboxylic acids is 2. The molecule has 0 aliphatic carbocycles. The summed E-state index contributed by atoms with van der Waals surface area (Å²) in [5.41, 5.74) is 0.285. The quantitative estimate of drug-likeness (QED) is 0.259. The van der Waals surface area contributed by atoms with Gasteiger partial charge in [0.15, 0.2) is 5.78 Å². The van der Waals surface area contributed by atoms with Crippen molar-refractivity contribution in [1.29, 1.82) is 0 Å². The molecular weight excluding hydrogens is 403 g/mol. The Balaban J connectivity index is 1.79. The second-order valence-electron chi connectivity index (χ2n) is 7.02. The molecule has 2 atom stereocenters. The number of nitrogens with zero attached hydrogens (tertiary/aromatic N) is 2. The summed E-state index contributed by atoms with van der Waals surface area (Å²) in [5.74, 6) is -2.27. The van der Waals surface area contributed by atoms with Gasteiger partial charge >= 0.3 is 0 Å². The van der Waals surface area contributed by atoms with Crippen molar-refractivity contribution in [2.24, 2.45) is 0 Å². The Morgan fingerprint density at radius 2 is 1.74 bits per heavy atom. The number of amides is 1. The summed E-state index contributed by atoms with van der Waals surface area (Å²) in [6, 6.07) is 16.8. The number of hydrogen-bond donors (Lipinski definition) is 0. The molecular formula is C23H17FN2O5. The van der Waals surface area contributed by atoms with Crippen molar-refractivity contribution in [2.75, 3.05) is 12.0 Å². The molecule has 31 heavy (non-hydrogen) atoms. The molecule has 0 saturated carbocycles. The highest BCUT2D eigenvalue weighted by Gasteiger charge is 2.54. The Bertz CT molecular complexity index is 1160. The summed E-state index contributed by atoms with van der Waals surface area (Å²) in [7, 11) is 1.51. The molecule has 0 N–H and O–H groups in total. The van der Waals surface area contributed by atoms with Crippen LogP contribution in [0.3, 0.4) is 0 Å². The third-order valence-electron chi connectivity index (χ3n) is 5.30. The molecule has 1 amide bonds. The van der Waals surface area contributed by atoms with Crippen LogP contribution in [0.15, 0.2) is 72.8 Å². The smallest absolute Gasteiger partial charge is 0.269 e. The highest BCUT2D eigenvalue weighted by atomic mass is 19.1. The van der Waals surface area contributed by atoms with Gasteiger partial charge in [0.1, 0.15) is 17.6 Å². The molecule has 0 unspecified atom stereocenters. The topological polar surface area (TPSA) is 89.8 Å². The molecule has 1 heterocycles. The molecule has 4 rings (SSSR count). The molecule has 7 nitrogen and oxygen atoms in total. The maximum atomic E-state index is 14.6. The first-order valence-electron chi connectivity index (χ1n) is 9.42. The highest BCUT2D eigenvalue weighted by molar-refractivity contribution is 6.19. The predicted molar refractivity (Wildman–Crippen MR) is 111 cm³/mol. The maximum Gasteiger partial charge on any atom is 0.269 e. The summed E-state index contributed by atoms with van der Waals surface area (Å²) < 4.78 is 19.8. The van der Waals surface area contributed by atoms with E-state index in [1.807, 2.05) is 0 Å². The number of non-ortho nitro benzene ring substituents is 1. The Labute approximate surface area is 176 Å². The van der Waals surface area contributed by atoms with E-state index >= 15 is 0 Å². The lowest BCUT2D eigenvalue weighted by atomic mass is 9.77. The van der Waals surface area contributed by atoms with Crippen LogP contribution < -0.4 is 9.64 Å². The van der Waals surface area contributed by atoms with Gasteiger partial charge in [-0.25, -0.2) is 4.39 Å². The summed E-state index contributed by atoms with van der Waals surface area (Å²) >= 11 is 0. The fourth-order valence-corrected chi connectivity index (χ4v) is 3.75. The lowest BCUT2D eigenvalue weighted by Crippen LogP contribution is -2.63. The number of carbonyl (C=O) groups is 2. The summed E-state index contributed by atoms with van der Waals surface area (Å²) in [4.78, 5) is 38.2. The number of halogens is 1. The Morgan fingerprint density at radius 3 is 2.35 bits per heavy atom. The lowest BCUT2D eigenvalue weighted by molar-refractivity contribution is -0.385. The van der Waals surface area contributed by atoms with Gasteiger partial charge in [0.25, 0.3) is 5.69 Å². The third kappa shape index (κ3) is 3.52. The molecule has 8 heteroatoms. The monoisotopic (exact) mass is 420 g/mol. The van der Waals surface area contributed by atoms with Crippen LogP contribution in [0.25, 0.3) is 0 Å². The van der Waals surface area contributed by atoms with Gasteiger partial charge in [-0.3, -0.25) is 24.6 Å². The Hall–Kier alpha value is -4.07. The number of rotatable bonds is 6. The third-order valence-corrected chi connectivity index (χ3v) is 5.30. The number of benzene rings is 3. The number of nitro groups is 1. The zero-order valence-electron chi connectivity index (χ0n) is 16.4. The van der Waals surface area contributed by atoms with E-state index in [1.54, 1.807) is 54.6 Å². The largest absolute Gasteiger partial charge is 0.497 e. The van der Waals surface area contributed by atoms with Crippen LogP contribution in [0.5, 0.6) is 5.75 Å². The highest BCUT2D eigenvalue weighted by Crippen LogP contribution is 2.43. The van der Waals surface area contributed by atoms with Crippen molar-refractivity contribution in [3.63, 3.8) is 0 Å². The van der Waals surface area contributed by atoms with Crippen LogP contribution in [-0.4, -0.2) is 29.8 Å².